The molecular formula is C32H40F2N2O3. The summed E-state index contributed by atoms with van der Waals surface area (Å²) in [5, 5.41) is 0. The third-order valence-electron chi connectivity index (χ3n) is 6.74. The Morgan fingerprint density at radius 3 is 2.13 bits per heavy atom. The smallest absolute Gasteiger partial charge is 0.292 e. The standard InChI is InChI=1S/C32H40F2N2O3/c1-3-4-5-6-8-14-26-22-35-31(36-23-26)27-20-18-25(19-21-27)13-11-12-17-29(30(34)24(2)33)38-39-32(37)28-15-9-7-10-16-28/h7,9-10,15-16,18-24,29-30H,3-6,8,11-14,17H2,1-2H3. The molecule has 0 fully saturated rings. The van der Waals surface area contributed by atoms with Crippen molar-refractivity contribution in [2.45, 2.75) is 96.5 Å². The number of halogens is 2. The lowest BCUT2D eigenvalue weighted by molar-refractivity contribution is -0.290. The lowest BCUT2D eigenvalue weighted by Crippen LogP contribution is -2.33. The number of aryl methyl sites for hydroxylation is 2. The van der Waals surface area contributed by atoms with Gasteiger partial charge in [0, 0.05) is 18.0 Å². The van der Waals surface area contributed by atoms with Gasteiger partial charge in [0.2, 0.25) is 0 Å². The first-order chi connectivity index (χ1) is 19.0. The van der Waals surface area contributed by atoms with Crippen LogP contribution in [0.15, 0.2) is 67.0 Å². The Bertz CT molecular complexity index is 1090. The summed E-state index contributed by atoms with van der Waals surface area (Å²) in [6.45, 7) is 3.35. The molecule has 0 aliphatic heterocycles. The van der Waals surface area contributed by atoms with Crippen molar-refractivity contribution in [3.63, 3.8) is 0 Å². The van der Waals surface area contributed by atoms with Gasteiger partial charge in [-0.25, -0.2) is 23.5 Å². The molecule has 7 heteroatoms. The highest BCUT2D eigenvalue weighted by Gasteiger charge is 2.29. The molecule has 210 valence electrons. The number of hydrogen-bond donors (Lipinski definition) is 0. The van der Waals surface area contributed by atoms with Crippen molar-refractivity contribution in [2.24, 2.45) is 0 Å². The van der Waals surface area contributed by atoms with Crippen molar-refractivity contribution in [2.75, 3.05) is 0 Å². The van der Waals surface area contributed by atoms with Crippen LogP contribution in [0.4, 0.5) is 8.78 Å². The molecule has 0 saturated carbocycles. The van der Waals surface area contributed by atoms with Gasteiger partial charge in [-0.1, -0.05) is 81.5 Å². The van der Waals surface area contributed by atoms with E-state index in [0.29, 0.717) is 12.2 Å². The normalized spacial score (nSPS) is 13.5. The summed E-state index contributed by atoms with van der Waals surface area (Å²) in [4.78, 5) is 31.1. The Balaban J connectivity index is 1.43. The summed E-state index contributed by atoms with van der Waals surface area (Å²) in [6.07, 6.45) is 8.65. The van der Waals surface area contributed by atoms with Crippen LogP contribution in [0.5, 0.6) is 0 Å². The van der Waals surface area contributed by atoms with E-state index in [-0.39, 0.29) is 12.0 Å². The summed E-state index contributed by atoms with van der Waals surface area (Å²) >= 11 is 0. The zero-order chi connectivity index (χ0) is 27.9. The van der Waals surface area contributed by atoms with E-state index in [2.05, 4.69) is 16.9 Å². The minimum atomic E-state index is -1.89. The Morgan fingerprint density at radius 2 is 1.46 bits per heavy atom. The molecule has 0 saturated heterocycles. The van der Waals surface area contributed by atoms with Crippen LogP contribution in [0, 0.1) is 0 Å². The van der Waals surface area contributed by atoms with Crippen LogP contribution >= 0.6 is 0 Å². The summed E-state index contributed by atoms with van der Waals surface area (Å²) in [6, 6.07) is 16.3. The Kier molecular flexibility index (Phi) is 13.0. The average Bonchev–Trinajstić information content (AvgIpc) is 2.97. The van der Waals surface area contributed by atoms with Gasteiger partial charge in [0.15, 0.2) is 12.0 Å². The predicted molar refractivity (Wildman–Crippen MR) is 150 cm³/mol. The largest absolute Gasteiger partial charge is 0.373 e. The number of nitrogens with zero attached hydrogens (tertiary/aromatic N) is 2. The summed E-state index contributed by atoms with van der Waals surface area (Å²) in [7, 11) is 0. The molecule has 0 aliphatic carbocycles. The molecule has 3 atom stereocenters. The van der Waals surface area contributed by atoms with E-state index in [9.17, 15) is 13.6 Å². The topological polar surface area (TPSA) is 61.3 Å². The van der Waals surface area contributed by atoms with Crippen LogP contribution in [-0.2, 0) is 22.6 Å². The fourth-order valence-electron chi connectivity index (χ4n) is 4.34. The average molecular weight is 539 g/mol. The zero-order valence-corrected chi connectivity index (χ0v) is 23.0. The maximum Gasteiger partial charge on any atom is 0.373 e. The van der Waals surface area contributed by atoms with Crippen molar-refractivity contribution in [1.29, 1.82) is 0 Å². The predicted octanol–water partition coefficient (Wildman–Crippen LogP) is 8.22. The molecule has 1 heterocycles. The molecule has 3 aromatic rings. The number of carbonyl (C=O) groups is 1. The molecule has 3 unspecified atom stereocenters. The molecule has 0 radical (unpaired) electrons. The third kappa shape index (κ3) is 10.5. The number of carbonyl (C=O) groups excluding carboxylic acids is 1. The fraction of sp³-hybridized carbons (Fsp3) is 0.469. The SMILES string of the molecule is CCCCCCCc1cnc(-c2ccc(CCCCC(OOC(=O)c3ccccc3)C(F)C(C)F)cc2)nc1. The van der Waals surface area contributed by atoms with Crippen LogP contribution in [0.25, 0.3) is 11.4 Å². The molecule has 3 rings (SSSR count). The zero-order valence-electron chi connectivity index (χ0n) is 23.0. The van der Waals surface area contributed by atoms with Gasteiger partial charge in [-0.3, -0.25) is 4.89 Å². The van der Waals surface area contributed by atoms with Gasteiger partial charge >= 0.3 is 5.97 Å². The highest BCUT2D eigenvalue weighted by Crippen LogP contribution is 2.21. The first kappa shape index (κ1) is 30.4. The number of aromatic nitrogens is 2. The van der Waals surface area contributed by atoms with Crippen molar-refractivity contribution < 1.29 is 23.4 Å². The lowest BCUT2D eigenvalue weighted by Gasteiger charge is -2.20. The number of hydrogen-bond acceptors (Lipinski definition) is 5. The second kappa shape index (κ2) is 16.7. The molecule has 1 aromatic heterocycles. The van der Waals surface area contributed by atoms with Gasteiger partial charge < -0.3 is 0 Å². The summed E-state index contributed by atoms with van der Waals surface area (Å²) < 4.78 is 28.1. The van der Waals surface area contributed by atoms with Crippen molar-refractivity contribution in [1.82, 2.24) is 9.97 Å². The molecule has 0 N–H and O–H groups in total. The highest BCUT2D eigenvalue weighted by atomic mass is 19.2. The van der Waals surface area contributed by atoms with E-state index in [1.54, 1.807) is 30.3 Å². The van der Waals surface area contributed by atoms with Crippen molar-refractivity contribution >= 4 is 5.97 Å². The quantitative estimate of drug-likeness (QED) is 0.0984. The fourth-order valence-corrected chi connectivity index (χ4v) is 4.34. The number of alkyl halides is 2. The van der Waals surface area contributed by atoms with Crippen molar-refractivity contribution in [3.8, 4) is 11.4 Å². The maximum atomic E-state index is 14.4. The summed E-state index contributed by atoms with van der Waals surface area (Å²) in [5.74, 6) is -0.0314. The van der Waals surface area contributed by atoms with Gasteiger partial charge in [0.05, 0.1) is 5.56 Å². The van der Waals surface area contributed by atoms with E-state index < -0.39 is 24.4 Å². The molecule has 0 amide bonds. The second-order valence-corrected chi connectivity index (χ2v) is 10.0. The van der Waals surface area contributed by atoms with E-state index >= 15 is 0 Å². The minimum Gasteiger partial charge on any atom is -0.292 e. The van der Waals surface area contributed by atoms with E-state index in [1.165, 1.54) is 37.7 Å². The Hall–Kier alpha value is -3.19. The Labute approximate surface area is 230 Å². The summed E-state index contributed by atoms with van der Waals surface area (Å²) in [5.41, 5.74) is 3.54. The molecular weight excluding hydrogens is 498 g/mol. The highest BCUT2D eigenvalue weighted by molar-refractivity contribution is 5.88. The minimum absolute atomic E-state index is 0.231. The third-order valence-corrected chi connectivity index (χ3v) is 6.74. The van der Waals surface area contributed by atoms with Gasteiger partial charge in [-0.2, -0.15) is 4.89 Å². The lowest BCUT2D eigenvalue weighted by atomic mass is 10.0. The van der Waals surface area contributed by atoms with E-state index in [0.717, 1.165) is 37.3 Å². The molecule has 39 heavy (non-hydrogen) atoms. The van der Waals surface area contributed by atoms with Crippen molar-refractivity contribution in [3.05, 3.63) is 83.7 Å². The molecule has 0 bridgehead atoms. The van der Waals surface area contributed by atoms with Crippen LogP contribution in [-0.4, -0.2) is 34.4 Å². The molecule has 2 aromatic carbocycles. The Morgan fingerprint density at radius 1 is 0.821 bits per heavy atom. The first-order valence-electron chi connectivity index (χ1n) is 14.1. The van der Waals surface area contributed by atoms with E-state index in [1.807, 2.05) is 36.7 Å². The number of unbranched alkanes of at least 4 members (excludes halogenated alkanes) is 5. The molecule has 0 spiro atoms. The maximum absolute atomic E-state index is 14.4. The van der Waals surface area contributed by atoms with Gasteiger partial charge in [-0.15, -0.1) is 0 Å². The monoisotopic (exact) mass is 538 g/mol. The second-order valence-electron chi connectivity index (χ2n) is 10.0. The van der Waals surface area contributed by atoms with Crippen LogP contribution in [0.3, 0.4) is 0 Å². The number of benzene rings is 2. The van der Waals surface area contributed by atoms with Gasteiger partial charge in [0.1, 0.15) is 12.3 Å². The molecule has 0 aliphatic rings. The number of rotatable bonds is 17. The first-order valence-corrected chi connectivity index (χ1v) is 14.1. The van der Waals surface area contributed by atoms with Gasteiger partial charge in [0.25, 0.3) is 0 Å². The van der Waals surface area contributed by atoms with Crippen LogP contribution < -0.4 is 0 Å². The molecule has 5 nitrogen and oxygen atoms in total. The van der Waals surface area contributed by atoms with E-state index in [4.69, 9.17) is 9.78 Å². The van der Waals surface area contributed by atoms with Gasteiger partial charge in [-0.05, 0) is 62.3 Å². The van der Waals surface area contributed by atoms with Crippen LogP contribution in [0.2, 0.25) is 0 Å². The van der Waals surface area contributed by atoms with Crippen LogP contribution in [0.1, 0.15) is 86.7 Å².